The number of hydrogen-bond acceptors (Lipinski definition) is 8. The highest BCUT2D eigenvalue weighted by Crippen LogP contribution is 2.26. The van der Waals surface area contributed by atoms with Gasteiger partial charge in [0.15, 0.2) is 0 Å². The third kappa shape index (κ3) is 19.9. The third-order valence-electron chi connectivity index (χ3n) is 7.55. The lowest BCUT2D eigenvalue weighted by molar-refractivity contribution is -0.144. The predicted molar refractivity (Wildman–Crippen MR) is 201 cm³/mol. The fourth-order valence-corrected chi connectivity index (χ4v) is 4.92. The summed E-state index contributed by atoms with van der Waals surface area (Å²) in [6, 6.07) is -1.78. The van der Waals surface area contributed by atoms with E-state index in [2.05, 4.69) is 58.9 Å². The molecule has 13 nitrogen and oxygen atoms in total. The van der Waals surface area contributed by atoms with Gasteiger partial charge in [0.05, 0.1) is 19.3 Å². The molecule has 3 aliphatic rings. The summed E-state index contributed by atoms with van der Waals surface area (Å²) in [5, 5.41) is 10.1. The number of carbonyl (C=O) groups is 6. The van der Waals surface area contributed by atoms with Crippen LogP contribution in [0, 0.1) is 5.41 Å². The van der Waals surface area contributed by atoms with Gasteiger partial charge in [0.1, 0.15) is 17.8 Å². The molecule has 1 aliphatic heterocycles. The molecule has 2 aliphatic carbocycles. The molecular formula is C38H67N7O6. The zero-order valence-electron chi connectivity index (χ0n) is 32.9. The van der Waals surface area contributed by atoms with E-state index in [1.54, 1.807) is 20.8 Å². The molecule has 290 valence electrons. The normalized spacial score (nSPS) is 16.6. The number of likely N-dealkylation sites (tertiary alicyclic amines) is 1. The van der Waals surface area contributed by atoms with Crippen molar-refractivity contribution in [1.29, 1.82) is 0 Å². The first kappa shape index (κ1) is 47.1. The Morgan fingerprint density at radius 2 is 1.35 bits per heavy atom. The first-order chi connectivity index (χ1) is 24.3. The highest BCUT2D eigenvalue weighted by atomic mass is 16.2. The maximum Gasteiger partial charge on any atom is 0.289 e. The summed E-state index contributed by atoms with van der Waals surface area (Å²) in [5.41, 5.74) is -0.657. The summed E-state index contributed by atoms with van der Waals surface area (Å²) in [7, 11) is 0. The van der Waals surface area contributed by atoms with E-state index < -0.39 is 59.4 Å². The molecule has 1 unspecified atom stereocenters. The van der Waals surface area contributed by atoms with Gasteiger partial charge in [-0.15, -0.1) is 0 Å². The van der Waals surface area contributed by atoms with Gasteiger partial charge in [0.2, 0.25) is 23.5 Å². The van der Waals surface area contributed by atoms with Crippen LogP contribution in [0.3, 0.4) is 0 Å². The fraction of sp³-hybridized carbons (Fsp3) is 0.737. The Labute approximate surface area is 306 Å². The van der Waals surface area contributed by atoms with Crippen LogP contribution in [-0.2, 0) is 24.0 Å². The number of nitrogens with one attached hydrogen (secondary N) is 4. The molecule has 2 atom stereocenters. The maximum absolute atomic E-state index is 13.5. The average Bonchev–Trinajstić information content (AvgIpc) is 3.81. The van der Waals surface area contributed by atoms with Crippen molar-refractivity contribution in [3.63, 3.8) is 0 Å². The third-order valence-corrected chi connectivity index (χ3v) is 7.55. The number of aromatic nitrogens is 2. The Hall–Kier alpha value is -3.90. The molecule has 2 heterocycles. The fourth-order valence-electron chi connectivity index (χ4n) is 4.92. The Bertz CT molecular complexity index is 1170. The molecule has 3 fully saturated rings. The highest BCUT2D eigenvalue weighted by Gasteiger charge is 2.42. The van der Waals surface area contributed by atoms with Gasteiger partial charge in [-0.25, -0.2) is 4.98 Å². The van der Waals surface area contributed by atoms with Crippen LogP contribution < -0.4 is 21.3 Å². The zero-order chi connectivity index (χ0) is 38.8. The predicted octanol–water partition coefficient (Wildman–Crippen LogP) is 4.89. The molecule has 51 heavy (non-hydrogen) atoms. The quantitative estimate of drug-likeness (QED) is 0.247. The molecule has 5 amide bonds. The molecule has 2 saturated carbocycles. The van der Waals surface area contributed by atoms with Gasteiger partial charge in [0, 0.05) is 25.0 Å². The van der Waals surface area contributed by atoms with Crippen LogP contribution in [0.2, 0.25) is 0 Å². The number of Topliss-reactive ketones (excluding diaryl/α,β-unsaturated/α-hetero) is 1. The van der Waals surface area contributed by atoms with E-state index in [4.69, 9.17) is 0 Å². The topological polar surface area (TPSA) is 180 Å². The number of hydrogen-bond donors (Lipinski definition) is 4. The van der Waals surface area contributed by atoms with Gasteiger partial charge >= 0.3 is 0 Å². The minimum absolute atomic E-state index is 0.0278. The van der Waals surface area contributed by atoms with E-state index in [1.807, 2.05) is 13.8 Å². The average molecular weight is 718 g/mol. The van der Waals surface area contributed by atoms with Crippen molar-refractivity contribution in [2.24, 2.45) is 5.41 Å². The van der Waals surface area contributed by atoms with Gasteiger partial charge in [0.25, 0.3) is 11.8 Å². The summed E-state index contributed by atoms with van der Waals surface area (Å²) in [5.74, 6) is -3.63. The summed E-state index contributed by atoms with van der Waals surface area (Å²) in [6.07, 6.45) is 18.2. The lowest BCUT2D eigenvalue weighted by Gasteiger charge is -2.35. The van der Waals surface area contributed by atoms with E-state index in [9.17, 15) is 28.8 Å². The van der Waals surface area contributed by atoms with Crippen LogP contribution in [0.4, 0.5) is 0 Å². The minimum Gasteiger partial charge on any atom is -0.347 e. The second-order valence-corrected chi connectivity index (χ2v) is 13.8. The van der Waals surface area contributed by atoms with E-state index in [-0.39, 0.29) is 18.3 Å². The van der Waals surface area contributed by atoms with Crippen molar-refractivity contribution >= 4 is 35.3 Å². The lowest BCUT2D eigenvalue weighted by atomic mass is 9.85. The minimum atomic E-state index is -0.979. The van der Waals surface area contributed by atoms with Gasteiger partial charge in [-0.05, 0) is 31.1 Å². The smallest absolute Gasteiger partial charge is 0.289 e. The first-order valence-electron chi connectivity index (χ1n) is 19.1. The van der Waals surface area contributed by atoms with E-state index in [1.165, 1.54) is 74.9 Å². The van der Waals surface area contributed by atoms with Crippen LogP contribution in [0.1, 0.15) is 150 Å². The number of nitrogens with zero attached hydrogens (tertiary/aromatic N) is 3. The van der Waals surface area contributed by atoms with E-state index in [0.717, 1.165) is 12.8 Å². The van der Waals surface area contributed by atoms with Crippen LogP contribution in [0.25, 0.3) is 0 Å². The first-order valence-corrected chi connectivity index (χ1v) is 19.1. The Balaban J connectivity index is 0.00000151. The lowest BCUT2D eigenvalue weighted by Crippen LogP contribution is -2.58. The van der Waals surface area contributed by atoms with Crippen molar-refractivity contribution in [3.8, 4) is 0 Å². The van der Waals surface area contributed by atoms with Gasteiger partial charge in [-0.2, -0.15) is 0 Å². The molecule has 1 saturated heterocycles. The summed E-state index contributed by atoms with van der Waals surface area (Å²) < 4.78 is 0. The van der Waals surface area contributed by atoms with Gasteiger partial charge in [-0.3, -0.25) is 33.8 Å². The highest BCUT2D eigenvalue weighted by molar-refractivity contribution is 6.37. The maximum atomic E-state index is 13.5. The molecule has 1 aromatic heterocycles. The van der Waals surface area contributed by atoms with Gasteiger partial charge < -0.3 is 26.2 Å². The molecule has 4 N–H and O–H groups in total. The molecule has 0 bridgehead atoms. The molecule has 0 aromatic carbocycles. The molecule has 0 spiro atoms. The second-order valence-electron chi connectivity index (χ2n) is 13.8. The largest absolute Gasteiger partial charge is 0.347 e. The Kier molecular flexibility index (Phi) is 24.8. The van der Waals surface area contributed by atoms with Crippen LogP contribution in [0.15, 0.2) is 18.6 Å². The van der Waals surface area contributed by atoms with E-state index >= 15 is 0 Å². The second kappa shape index (κ2) is 26.8. The number of amides is 5. The molecule has 4 rings (SSSR count). The standard InChI is InChI=1S/C24H33N7O6.C6H12.2C3H8.C2H6/c1-24(2,3)19(30-18(33)13-28-20(34)15-11-25-8-9-26-15)23(37)31-10-4-5-16(31)21(35)27-12-17(32)22(36)29-14-6-7-14;1-2-4-6-5-3-1;2*1-3-2;1-2/h8-9,11,14,16,19H,4-7,10,12-13H2,1-3H3,(H,27,35)(H,28,34)(H,29,36)(H,30,33);1-6H2;2*3H2,1-2H3;1-2H3/t16-,19?;;;;/m0..../s1. The number of carbonyl (C=O) groups excluding carboxylic acids is 6. The summed E-state index contributed by atoms with van der Waals surface area (Å²) in [6.45, 7) is 17.3. The van der Waals surface area contributed by atoms with Crippen LogP contribution in [0.5, 0.6) is 0 Å². The Morgan fingerprint density at radius 3 is 1.82 bits per heavy atom. The summed E-state index contributed by atoms with van der Waals surface area (Å²) in [4.78, 5) is 83.9. The zero-order valence-corrected chi connectivity index (χ0v) is 32.9. The van der Waals surface area contributed by atoms with Crippen molar-refractivity contribution in [2.75, 3.05) is 19.6 Å². The number of ketones is 1. The Morgan fingerprint density at radius 1 is 0.804 bits per heavy atom. The van der Waals surface area contributed by atoms with Gasteiger partial charge in [-0.1, -0.05) is 114 Å². The monoisotopic (exact) mass is 718 g/mol. The van der Waals surface area contributed by atoms with Crippen LogP contribution in [-0.4, -0.2) is 87.9 Å². The van der Waals surface area contributed by atoms with Crippen molar-refractivity contribution in [1.82, 2.24) is 36.1 Å². The molecular weight excluding hydrogens is 650 g/mol. The molecule has 0 radical (unpaired) electrons. The van der Waals surface area contributed by atoms with E-state index in [0.29, 0.717) is 19.4 Å². The van der Waals surface area contributed by atoms with Crippen molar-refractivity contribution < 1.29 is 28.8 Å². The summed E-state index contributed by atoms with van der Waals surface area (Å²) >= 11 is 0. The number of rotatable bonds is 10. The van der Waals surface area contributed by atoms with Crippen molar-refractivity contribution in [3.05, 3.63) is 24.3 Å². The SMILES string of the molecule is C1CCCCC1.CC.CC(C)(C)C(NC(=O)CNC(=O)c1cnccn1)C(=O)N1CCC[C@H]1C(=O)NCC(=O)C(=O)NC1CC1.CCC.CCC. The van der Waals surface area contributed by atoms with Crippen molar-refractivity contribution in [2.45, 2.75) is 157 Å². The molecule has 1 aromatic rings. The van der Waals surface area contributed by atoms with Crippen LogP contribution >= 0.6 is 0 Å². The molecule has 13 heteroatoms.